The minimum atomic E-state index is -0.598. The highest BCUT2D eigenvalue weighted by Gasteiger charge is 2.23. The monoisotopic (exact) mass is 289 g/mol. The van der Waals surface area contributed by atoms with Crippen LogP contribution in [-0.2, 0) is 5.41 Å². The van der Waals surface area contributed by atoms with E-state index in [4.69, 9.17) is 5.26 Å². The minimum Gasteiger partial charge on any atom is -0.341 e. The van der Waals surface area contributed by atoms with Crippen molar-refractivity contribution in [1.82, 2.24) is 9.97 Å². The van der Waals surface area contributed by atoms with E-state index < -0.39 is 5.41 Å². The summed E-state index contributed by atoms with van der Waals surface area (Å²) in [6.07, 6.45) is 1.76. The first-order valence-corrected chi connectivity index (χ1v) is 6.05. The molecule has 1 heterocycles. The van der Waals surface area contributed by atoms with E-state index >= 15 is 0 Å². The molecule has 0 radical (unpaired) electrons. The summed E-state index contributed by atoms with van der Waals surface area (Å²) in [5, 5.41) is 9.06. The summed E-state index contributed by atoms with van der Waals surface area (Å²) < 4.78 is 1.00. The zero-order valence-corrected chi connectivity index (χ0v) is 11.2. The third-order valence-corrected chi connectivity index (χ3v) is 3.30. The number of hydrogen-bond acceptors (Lipinski definition) is 2. The van der Waals surface area contributed by atoms with Crippen molar-refractivity contribution in [3.63, 3.8) is 0 Å². The molecule has 3 nitrogen and oxygen atoms in total. The summed E-state index contributed by atoms with van der Waals surface area (Å²) in [7, 11) is 0. The van der Waals surface area contributed by atoms with Crippen LogP contribution >= 0.6 is 15.9 Å². The lowest BCUT2D eigenvalue weighted by Crippen LogP contribution is -2.15. The van der Waals surface area contributed by atoms with E-state index in [0.717, 1.165) is 15.7 Å². The van der Waals surface area contributed by atoms with Crippen LogP contribution in [0.4, 0.5) is 0 Å². The third-order valence-electron chi connectivity index (χ3n) is 2.61. The fraction of sp³-hybridized carbons (Fsp3) is 0.231. The SMILES string of the molecule is CC(C)(C#N)c1ncc(-c2ccccc2Br)[nH]1. The fourth-order valence-corrected chi connectivity index (χ4v) is 2.01. The minimum absolute atomic E-state index is 0.598. The Labute approximate surface area is 109 Å². The molecule has 0 aliphatic carbocycles. The maximum Gasteiger partial charge on any atom is 0.126 e. The van der Waals surface area contributed by atoms with Gasteiger partial charge in [-0.2, -0.15) is 5.26 Å². The average Bonchev–Trinajstić information content (AvgIpc) is 2.79. The largest absolute Gasteiger partial charge is 0.341 e. The van der Waals surface area contributed by atoms with Crippen LogP contribution in [0.25, 0.3) is 11.3 Å². The van der Waals surface area contributed by atoms with Gasteiger partial charge in [-0.25, -0.2) is 4.98 Å². The van der Waals surface area contributed by atoms with Crippen molar-refractivity contribution >= 4 is 15.9 Å². The Bertz CT molecular complexity index is 578. The molecule has 0 unspecified atom stereocenters. The van der Waals surface area contributed by atoms with Gasteiger partial charge in [0.2, 0.25) is 0 Å². The summed E-state index contributed by atoms with van der Waals surface area (Å²) in [4.78, 5) is 7.48. The molecule has 0 spiro atoms. The maximum absolute atomic E-state index is 9.06. The Morgan fingerprint density at radius 3 is 2.71 bits per heavy atom. The molecule has 0 saturated carbocycles. The van der Waals surface area contributed by atoms with Crippen molar-refractivity contribution in [2.24, 2.45) is 0 Å². The van der Waals surface area contributed by atoms with Crippen molar-refractivity contribution in [2.45, 2.75) is 19.3 Å². The molecule has 0 saturated heterocycles. The molecular weight excluding hydrogens is 278 g/mol. The van der Waals surface area contributed by atoms with Gasteiger partial charge in [0.05, 0.1) is 18.0 Å². The molecule has 1 aromatic heterocycles. The van der Waals surface area contributed by atoms with E-state index in [1.807, 2.05) is 38.1 Å². The van der Waals surface area contributed by atoms with E-state index in [-0.39, 0.29) is 0 Å². The highest BCUT2D eigenvalue weighted by molar-refractivity contribution is 9.10. The van der Waals surface area contributed by atoms with Crippen molar-refractivity contribution in [3.8, 4) is 17.3 Å². The van der Waals surface area contributed by atoms with Gasteiger partial charge in [-0.15, -0.1) is 0 Å². The lowest BCUT2D eigenvalue weighted by atomic mass is 9.95. The van der Waals surface area contributed by atoms with E-state index in [0.29, 0.717) is 5.82 Å². The second kappa shape index (κ2) is 4.34. The summed E-state index contributed by atoms with van der Waals surface area (Å²) in [5.74, 6) is 0.686. The Hall–Kier alpha value is -1.60. The molecule has 1 N–H and O–H groups in total. The number of nitrogens with one attached hydrogen (secondary N) is 1. The molecule has 4 heteroatoms. The van der Waals surface area contributed by atoms with Gasteiger partial charge < -0.3 is 4.98 Å². The number of aromatic amines is 1. The van der Waals surface area contributed by atoms with Crippen LogP contribution in [0, 0.1) is 11.3 Å². The standard InChI is InChI=1S/C13H12BrN3/c1-13(2,8-15)12-16-7-11(17-12)9-5-3-4-6-10(9)14/h3-7H,1-2H3,(H,16,17). The molecule has 0 aliphatic heterocycles. The predicted octanol–water partition coefficient (Wildman–Crippen LogP) is 3.64. The van der Waals surface area contributed by atoms with Gasteiger partial charge in [0.25, 0.3) is 0 Å². The van der Waals surface area contributed by atoms with Gasteiger partial charge in [0.15, 0.2) is 0 Å². The van der Waals surface area contributed by atoms with Crippen LogP contribution in [-0.4, -0.2) is 9.97 Å². The number of imidazole rings is 1. The zero-order valence-electron chi connectivity index (χ0n) is 9.66. The highest BCUT2D eigenvalue weighted by Crippen LogP contribution is 2.28. The summed E-state index contributed by atoms with van der Waals surface area (Å²) in [6.45, 7) is 3.69. The van der Waals surface area contributed by atoms with E-state index in [2.05, 4.69) is 32.0 Å². The van der Waals surface area contributed by atoms with E-state index in [1.165, 1.54) is 0 Å². The quantitative estimate of drug-likeness (QED) is 0.918. The molecule has 0 bridgehead atoms. The predicted molar refractivity (Wildman–Crippen MR) is 70.4 cm³/mol. The van der Waals surface area contributed by atoms with E-state index in [1.54, 1.807) is 6.20 Å². The number of halogens is 1. The number of aromatic nitrogens is 2. The van der Waals surface area contributed by atoms with Gasteiger partial charge in [-0.1, -0.05) is 34.1 Å². The Kier molecular flexibility index (Phi) is 3.03. The number of rotatable bonds is 2. The molecule has 86 valence electrons. The first kappa shape index (κ1) is 11.9. The highest BCUT2D eigenvalue weighted by atomic mass is 79.9. The lowest BCUT2D eigenvalue weighted by molar-refractivity contribution is 0.640. The smallest absolute Gasteiger partial charge is 0.126 e. The number of benzene rings is 1. The lowest BCUT2D eigenvalue weighted by Gasteiger charge is -2.10. The summed E-state index contributed by atoms with van der Waals surface area (Å²) in [5.41, 5.74) is 1.36. The Morgan fingerprint density at radius 2 is 2.06 bits per heavy atom. The molecule has 1 aromatic carbocycles. The summed E-state index contributed by atoms with van der Waals surface area (Å²) >= 11 is 3.50. The number of H-pyrrole nitrogens is 1. The van der Waals surface area contributed by atoms with Crippen LogP contribution < -0.4 is 0 Å². The van der Waals surface area contributed by atoms with Crippen LogP contribution in [0.1, 0.15) is 19.7 Å². The van der Waals surface area contributed by atoms with Crippen molar-refractivity contribution in [3.05, 3.63) is 40.8 Å². The number of nitrogens with zero attached hydrogens (tertiary/aromatic N) is 2. The van der Waals surface area contributed by atoms with Crippen LogP contribution in [0.15, 0.2) is 34.9 Å². The Balaban J connectivity index is 2.45. The van der Waals surface area contributed by atoms with Crippen LogP contribution in [0.2, 0.25) is 0 Å². The molecule has 0 aliphatic rings. The van der Waals surface area contributed by atoms with E-state index in [9.17, 15) is 0 Å². The molecule has 2 aromatic rings. The van der Waals surface area contributed by atoms with Crippen LogP contribution in [0.3, 0.4) is 0 Å². The van der Waals surface area contributed by atoms with Gasteiger partial charge in [-0.05, 0) is 19.9 Å². The normalized spacial score (nSPS) is 11.2. The fourth-order valence-electron chi connectivity index (χ4n) is 1.51. The topological polar surface area (TPSA) is 52.5 Å². The number of hydrogen-bond donors (Lipinski definition) is 1. The molecule has 0 amide bonds. The molecule has 0 atom stereocenters. The second-order valence-corrected chi connectivity index (χ2v) is 5.22. The van der Waals surface area contributed by atoms with Gasteiger partial charge in [-0.3, -0.25) is 0 Å². The first-order chi connectivity index (χ1) is 8.04. The molecule has 17 heavy (non-hydrogen) atoms. The van der Waals surface area contributed by atoms with Gasteiger partial charge in [0.1, 0.15) is 11.2 Å². The van der Waals surface area contributed by atoms with Crippen molar-refractivity contribution < 1.29 is 0 Å². The second-order valence-electron chi connectivity index (χ2n) is 4.36. The molecule has 0 fully saturated rings. The molecule has 2 rings (SSSR count). The van der Waals surface area contributed by atoms with Crippen molar-refractivity contribution in [1.29, 1.82) is 5.26 Å². The number of nitriles is 1. The maximum atomic E-state index is 9.06. The first-order valence-electron chi connectivity index (χ1n) is 5.26. The third kappa shape index (κ3) is 2.25. The average molecular weight is 290 g/mol. The van der Waals surface area contributed by atoms with Gasteiger partial charge in [0, 0.05) is 10.0 Å². The summed E-state index contributed by atoms with van der Waals surface area (Å²) in [6, 6.07) is 10.1. The van der Waals surface area contributed by atoms with Crippen LogP contribution in [0.5, 0.6) is 0 Å². The Morgan fingerprint density at radius 1 is 1.35 bits per heavy atom. The zero-order chi connectivity index (χ0) is 12.5. The molecular formula is C13H12BrN3. The van der Waals surface area contributed by atoms with Crippen molar-refractivity contribution in [2.75, 3.05) is 0 Å². The van der Waals surface area contributed by atoms with Gasteiger partial charge >= 0.3 is 0 Å².